The largest absolute Gasteiger partial charge is 0.372 e. The number of halogens is 3. The third-order valence-corrected chi connectivity index (χ3v) is 16.1. The molecule has 3 aromatic carbocycles. The average Bonchev–Trinajstić information content (AvgIpc) is 4.02. The van der Waals surface area contributed by atoms with E-state index in [0.29, 0.717) is 58.6 Å². The summed E-state index contributed by atoms with van der Waals surface area (Å²) >= 11 is 0. The molecule has 1 spiro atoms. The van der Waals surface area contributed by atoms with E-state index in [9.17, 15) is 27.2 Å². The molecule has 18 heteroatoms. The molecule has 5 saturated heterocycles. The predicted molar refractivity (Wildman–Crippen MR) is 248 cm³/mol. The molecule has 11 rings (SSSR count). The standard InChI is InChI=1S/C49H50F3N9O5S/c1-29-2-11-42(47(63)55-29)61-23-33-18-36(7-8-37(33)48(61)64)59-27-49(28-59)25-57(26-49)22-30-12-15-58(16-13-30)35-5-3-31(4-6-35)32-19-38-39(21-54-46(38)53-20-32)45(62)43-40(51)9-10-41(44(43)52)56-67(65,66)60-17-14-34(50)24-60/h3-10,18-21,30,34,42,56H,1-2,11-17,22-28H2,(H,53,54)(H,55,63)/t34-,42?/m1/s1. The number of piperidine rings is 2. The number of allylic oxidation sites excluding steroid dienone is 1. The van der Waals surface area contributed by atoms with Crippen LogP contribution in [0, 0.1) is 23.0 Å². The Balaban J connectivity index is 0.671. The number of pyridine rings is 1. The first-order valence-electron chi connectivity index (χ1n) is 22.9. The topological polar surface area (TPSA) is 154 Å². The molecule has 2 atom stereocenters. The number of hydrogen-bond donors (Lipinski definition) is 3. The van der Waals surface area contributed by atoms with Gasteiger partial charge < -0.3 is 29.9 Å². The number of carbonyl (C=O) groups is 3. The molecular formula is C49H50F3N9O5S. The summed E-state index contributed by atoms with van der Waals surface area (Å²) in [6.07, 6.45) is 5.12. The minimum atomic E-state index is -4.35. The number of fused-ring (bicyclic) bond motifs is 2. The van der Waals surface area contributed by atoms with E-state index in [1.165, 1.54) is 6.20 Å². The van der Waals surface area contributed by atoms with Crippen LogP contribution in [0.1, 0.15) is 63.9 Å². The van der Waals surface area contributed by atoms with Crippen LogP contribution in [-0.4, -0.2) is 121 Å². The number of likely N-dealkylation sites (tertiary alicyclic amines) is 1. The zero-order valence-corrected chi connectivity index (χ0v) is 37.6. The molecule has 5 fully saturated rings. The average molecular weight is 934 g/mol. The van der Waals surface area contributed by atoms with Crippen molar-refractivity contribution in [1.82, 2.24) is 29.4 Å². The van der Waals surface area contributed by atoms with E-state index in [4.69, 9.17) is 0 Å². The number of benzene rings is 3. The fraction of sp³-hybridized carbons (Fsp3) is 0.388. The van der Waals surface area contributed by atoms with E-state index in [1.54, 1.807) is 17.2 Å². The third kappa shape index (κ3) is 7.91. The van der Waals surface area contributed by atoms with Crippen molar-refractivity contribution >= 4 is 55.9 Å². The molecule has 0 aliphatic carbocycles. The van der Waals surface area contributed by atoms with Gasteiger partial charge in [0.2, 0.25) is 11.7 Å². The highest BCUT2D eigenvalue weighted by Crippen LogP contribution is 2.44. The van der Waals surface area contributed by atoms with E-state index < -0.39 is 51.1 Å². The summed E-state index contributed by atoms with van der Waals surface area (Å²) in [6, 6.07) is 17.2. The number of rotatable bonds is 11. The Morgan fingerprint density at radius 3 is 2.39 bits per heavy atom. The molecule has 0 saturated carbocycles. The second-order valence-corrected chi connectivity index (χ2v) is 20.9. The number of anilines is 3. The molecule has 5 aromatic rings. The molecule has 2 aromatic heterocycles. The molecule has 0 bridgehead atoms. The van der Waals surface area contributed by atoms with Crippen molar-refractivity contribution in [3.8, 4) is 11.1 Å². The zero-order valence-electron chi connectivity index (χ0n) is 36.7. The maximum atomic E-state index is 15.8. The summed E-state index contributed by atoms with van der Waals surface area (Å²) in [4.78, 5) is 56.1. The molecule has 8 heterocycles. The van der Waals surface area contributed by atoms with Gasteiger partial charge >= 0.3 is 10.2 Å². The number of hydrogen-bond acceptors (Lipinski definition) is 9. The molecule has 1 unspecified atom stereocenters. The molecule has 2 amide bonds. The van der Waals surface area contributed by atoms with Gasteiger partial charge in [0.15, 0.2) is 5.82 Å². The highest BCUT2D eigenvalue weighted by molar-refractivity contribution is 7.90. The monoisotopic (exact) mass is 933 g/mol. The van der Waals surface area contributed by atoms with Gasteiger partial charge in [0.1, 0.15) is 23.7 Å². The van der Waals surface area contributed by atoms with Gasteiger partial charge in [0, 0.05) is 122 Å². The molecule has 0 radical (unpaired) electrons. The lowest BCUT2D eigenvalue weighted by Crippen LogP contribution is -2.72. The quantitative estimate of drug-likeness (QED) is 0.131. The van der Waals surface area contributed by atoms with Crippen LogP contribution in [0.2, 0.25) is 0 Å². The summed E-state index contributed by atoms with van der Waals surface area (Å²) < 4.78 is 73.2. The van der Waals surface area contributed by atoms with E-state index in [0.717, 1.165) is 97.6 Å². The van der Waals surface area contributed by atoms with Gasteiger partial charge in [-0.05, 0) is 97.7 Å². The van der Waals surface area contributed by atoms with Crippen molar-refractivity contribution in [2.45, 2.75) is 50.9 Å². The maximum absolute atomic E-state index is 15.8. The number of amides is 2. The number of nitrogens with zero attached hydrogens (tertiary/aromatic N) is 6. The summed E-state index contributed by atoms with van der Waals surface area (Å²) in [5.74, 6) is -3.13. The van der Waals surface area contributed by atoms with Gasteiger partial charge in [-0.15, -0.1) is 0 Å². The minimum Gasteiger partial charge on any atom is -0.372 e. The van der Waals surface area contributed by atoms with Gasteiger partial charge in [0.05, 0.1) is 11.3 Å². The van der Waals surface area contributed by atoms with Crippen LogP contribution in [0.3, 0.4) is 0 Å². The minimum absolute atomic E-state index is 0.00814. The Morgan fingerprint density at radius 2 is 1.66 bits per heavy atom. The molecule has 67 heavy (non-hydrogen) atoms. The Morgan fingerprint density at radius 1 is 0.896 bits per heavy atom. The molecule has 6 aliphatic rings. The van der Waals surface area contributed by atoms with Crippen LogP contribution in [0.4, 0.5) is 30.2 Å². The fourth-order valence-corrected chi connectivity index (χ4v) is 12.3. The normalized spacial score (nSPS) is 22.3. The third-order valence-electron chi connectivity index (χ3n) is 14.6. The van der Waals surface area contributed by atoms with Crippen molar-refractivity contribution in [1.29, 1.82) is 0 Å². The van der Waals surface area contributed by atoms with Crippen LogP contribution >= 0.6 is 0 Å². The SMILES string of the molecule is C=C1CCC(N2Cc3cc(N4CC5(CN(CC6CCN(c7ccc(-c8cnc9[nH]cc(C(=O)c%10c(F)ccc(NS(=O)(=O)N%11CC[C@@H](F)C%11)c%10F)c9c8)cc7)CC6)C5)C4)ccc3C2=O)C(=O)N1. The zero-order chi connectivity index (χ0) is 46.4. The molecule has 6 aliphatic heterocycles. The molecule has 348 valence electrons. The summed E-state index contributed by atoms with van der Waals surface area (Å²) in [5.41, 5.74) is 5.24. The first-order valence-corrected chi connectivity index (χ1v) is 24.3. The Hall–Kier alpha value is -6.24. The number of aromatic amines is 1. The fourth-order valence-electron chi connectivity index (χ4n) is 11.1. The number of aromatic nitrogens is 2. The first kappa shape index (κ1) is 43.3. The Labute approximate surface area is 386 Å². The van der Waals surface area contributed by atoms with Crippen molar-refractivity contribution in [3.05, 3.63) is 119 Å². The number of ketones is 1. The van der Waals surface area contributed by atoms with Crippen molar-refractivity contribution in [2.24, 2.45) is 11.3 Å². The van der Waals surface area contributed by atoms with Crippen LogP contribution in [0.5, 0.6) is 0 Å². The number of nitrogens with one attached hydrogen (secondary N) is 3. The Kier molecular flexibility index (Phi) is 10.7. The number of carbonyl (C=O) groups excluding carboxylic acids is 3. The number of H-pyrrole nitrogens is 1. The second-order valence-electron chi connectivity index (χ2n) is 19.2. The maximum Gasteiger partial charge on any atom is 0.301 e. The van der Waals surface area contributed by atoms with Gasteiger partial charge in [-0.1, -0.05) is 18.7 Å². The lowest BCUT2D eigenvalue weighted by Gasteiger charge is -2.61. The van der Waals surface area contributed by atoms with Gasteiger partial charge in [-0.3, -0.25) is 19.1 Å². The van der Waals surface area contributed by atoms with Crippen LogP contribution < -0.4 is 19.8 Å². The van der Waals surface area contributed by atoms with Crippen molar-refractivity contribution < 1.29 is 36.0 Å². The highest BCUT2D eigenvalue weighted by atomic mass is 32.2. The van der Waals surface area contributed by atoms with Gasteiger partial charge in [-0.25, -0.2) is 18.2 Å². The van der Waals surface area contributed by atoms with Crippen LogP contribution in [-0.2, 0) is 21.5 Å². The molecule has 3 N–H and O–H groups in total. The summed E-state index contributed by atoms with van der Waals surface area (Å²) in [5, 5.41) is 3.15. The molecule has 14 nitrogen and oxygen atoms in total. The van der Waals surface area contributed by atoms with Crippen molar-refractivity contribution in [3.63, 3.8) is 0 Å². The highest BCUT2D eigenvalue weighted by Gasteiger charge is 2.52. The lowest BCUT2D eigenvalue weighted by molar-refractivity contribution is -0.126. The Bertz CT molecular complexity index is 2960. The lowest BCUT2D eigenvalue weighted by atomic mass is 9.72. The first-order chi connectivity index (χ1) is 32.2. The van der Waals surface area contributed by atoms with Crippen LogP contribution in [0.25, 0.3) is 22.2 Å². The van der Waals surface area contributed by atoms with E-state index in [1.807, 2.05) is 29.0 Å². The smallest absolute Gasteiger partial charge is 0.301 e. The van der Waals surface area contributed by atoms with Gasteiger partial charge in [0.25, 0.3) is 5.91 Å². The summed E-state index contributed by atoms with van der Waals surface area (Å²) in [6.45, 7) is 11.0. The van der Waals surface area contributed by atoms with E-state index in [2.05, 4.69) is 54.8 Å². The second kappa shape index (κ2) is 16.5. The summed E-state index contributed by atoms with van der Waals surface area (Å²) in [7, 11) is -4.35. The van der Waals surface area contributed by atoms with E-state index >= 15 is 8.78 Å². The van der Waals surface area contributed by atoms with Crippen molar-refractivity contribution in [2.75, 3.05) is 73.4 Å². The molecular weight excluding hydrogens is 884 g/mol. The predicted octanol–water partition coefficient (Wildman–Crippen LogP) is 6.23. The van der Waals surface area contributed by atoms with E-state index in [-0.39, 0.29) is 36.9 Å². The van der Waals surface area contributed by atoms with Gasteiger partial charge in [-0.2, -0.15) is 12.7 Å². The van der Waals surface area contributed by atoms with Crippen LogP contribution in [0.15, 0.2) is 85.3 Å². The number of alkyl halides is 1.